The van der Waals surface area contributed by atoms with Crippen molar-refractivity contribution in [3.05, 3.63) is 40.4 Å². The maximum absolute atomic E-state index is 11.6. The van der Waals surface area contributed by atoms with E-state index in [-0.39, 0.29) is 11.3 Å². The van der Waals surface area contributed by atoms with Gasteiger partial charge in [-0.2, -0.15) is 0 Å². The zero-order chi connectivity index (χ0) is 11.7. The predicted molar refractivity (Wildman–Crippen MR) is 57.2 cm³/mol. The number of anilines is 1. The Kier molecular flexibility index (Phi) is 2.32. The summed E-state index contributed by atoms with van der Waals surface area (Å²) in [5.41, 5.74) is 5.74. The number of pyridine rings is 1. The van der Waals surface area contributed by atoms with E-state index in [4.69, 9.17) is 5.73 Å². The molecule has 6 heteroatoms. The molecule has 0 saturated heterocycles. The summed E-state index contributed by atoms with van der Waals surface area (Å²) in [6.45, 7) is 0. The minimum atomic E-state index is -0.517. The van der Waals surface area contributed by atoms with Crippen molar-refractivity contribution in [2.45, 2.75) is 0 Å². The molecule has 0 unspecified atom stereocenters. The lowest BCUT2D eigenvalue weighted by molar-refractivity contribution is 0.0600. The molecular weight excluding hydrogens is 210 g/mol. The number of fused-ring (bicyclic) bond motifs is 1. The molecule has 0 bridgehead atoms. The fraction of sp³-hybridized carbons (Fsp3) is 0.100. The number of rotatable bonds is 1. The smallest absolute Gasteiger partial charge is 0.339 e. The average molecular weight is 219 g/mol. The number of hydrogen-bond donors (Lipinski definition) is 1. The number of nitrogen functional groups attached to an aromatic ring is 1. The number of carbonyl (C=O) groups excluding carboxylic acids is 1. The molecule has 82 valence electrons. The fourth-order valence-electron chi connectivity index (χ4n) is 1.33. The second kappa shape index (κ2) is 3.65. The van der Waals surface area contributed by atoms with Crippen molar-refractivity contribution >= 4 is 17.3 Å². The molecule has 0 radical (unpaired) electrons. The predicted octanol–water partition coefficient (Wildman–Crippen LogP) is 0.0633. The van der Waals surface area contributed by atoms with Gasteiger partial charge in [0.2, 0.25) is 0 Å². The normalized spacial score (nSPS) is 10.3. The number of ether oxygens (including phenoxy) is 1. The van der Waals surface area contributed by atoms with E-state index in [0.29, 0.717) is 5.65 Å². The van der Waals surface area contributed by atoms with Gasteiger partial charge in [-0.1, -0.05) is 0 Å². The van der Waals surface area contributed by atoms with Crippen molar-refractivity contribution in [3.63, 3.8) is 0 Å². The summed E-state index contributed by atoms with van der Waals surface area (Å²) in [5.74, 6) is -0.517. The lowest BCUT2D eigenvalue weighted by atomic mass is 10.3. The van der Waals surface area contributed by atoms with Crippen LogP contribution < -0.4 is 11.3 Å². The average Bonchev–Trinajstić information content (AvgIpc) is 2.32. The molecule has 0 aromatic carbocycles. The number of aromatic nitrogens is 2. The number of nitrogens with two attached hydrogens (primary N) is 1. The first-order chi connectivity index (χ1) is 7.63. The third-order valence-electron chi connectivity index (χ3n) is 2.15. The highest BCUT2D eigenvalue weighted by molar-refractivity contribution is 5.89. The highest BCUT2D eigenvalue weighted by Gasteiger charge is 2.08. The lowest BCUT2D eigenvalue weighted by Gasteiger charge is -2.03. The molecule has 0 aliphatic heterocycles. The zero-order valence-electron chi connectivity index (χ0n) is 8.51. The van der Waals surface area contributed by atoms with Crippen LogP contribution in [0.1, 0.15) is 10.4 Å². The zero-order valence-corrected chi connectivity index (χ0v) is 8.51. The maximum Gasteiger partial charge on any atom is 0.339 e. The largest absolute Gasteiger partial charge is 0.465 e. The van der Waals surface area contributed by atoms with Gasteiger partial charge in [0, 0.05) is 6.20 Å². The Labute approximate surface area is 90.3 Å². The van der Waals surface area contributed by atoms with Gasteiger partial charge in [-0.3, -0.25) is 9.20 Å². The van der Waals surface area contributed by atoms with E-state index in [1.165, 1.54) is 30.0 Å². The summed E-state index contributed by atoms with van der Waals surface area (Å²) in [7, 11) is 1.27. The monoisotopic (exact) mass is 219 g/mol. The van der Waals surface area contributed by atoms with Gasteiger partial charge >= 0.3 is 5.97 Å². The van der Waals surface area contributed by atoms with E-state index in [1.54, 1.807) is 6.07 Å². The van der Waals surface area contributed by atoms with Crippen LogP contribution in [0, 0.1) is 0 Å². The van der Waals surface area contributed by atoms with Crippen LogP contribution in [0.5, 0.6) is 0 Å². The number of carbonyl (C=O) groups is 1. The van der Waals surface area contributed by atoms with Gasteiger partial charge in [0.05, 0.1) is 18.9 Å². The first-order valence-electron chi connectivity index (χ1n) is 4.48. The Hall–Kier alpha value is -2.37. The molecule has 2 rings (SSSR count). The van der Waals surface area contributed by atoms with Crippen molar-refractivity contribution in [3.8, 4) is 0 Å². The van der Waals surface area contributed by atoms with E-state index in [1.807, 2.05) is 0 Å². The lowest BCUT2D eigenvalue weighted by Crippen LogP contribution is -2.19. The van der Waals surface area contributed by atoms with Crippen LogP contribution in [0.3, 0.4) is 0 Å². The van der Waals surface area contributed by atoms with Gasteiger partial charge in [-0.25, -0.2) is 9.78 Å². The summed E-state index contributed by atoms with van der Waals surface area (Å²) in [4.78, 5) is 26.9. The van der Waals surface area contributed by atoms with Crippen LogP contribution in [0.2, 0.25) is 0 Å². The van der Waals surface area contributed by atoms with Crippen LogP contribution in [-0.4, -0.2) is 22.5 Å². The number of esters is 1. The molecule has 0 spiro atoms. The summed E-state index contributed by atoms with van der Waals surface area (Å²) in [5, 5.41) is 0. The van der Waals surface area contributed by atoms with Crippen molar-refractivity contribution in [1.29, 1.82) is 0 Å². The number of methoxy groups -OCH3 is 1. The summed E-state index contributed by atoms with van der Waals surface area (Å²) in [6.07, 6.45) is 2.64. The van der Waals surface area contributed by atoms with E-state index >= 15 is 0 Å². The molecule has 0 fully saturated rings. The highest BCUT2D eigenvalue weighted by Crippen LogP contribution is 2.04. The third kappa shape index (κ3) is 1.50. The molecule has 0 atom stereocenters. The van der Waals surface area contributed by atoms with Crippen LogP contribution in [0.25, 0.3) is 5.65 Å². The first kappa shape index (κ1) is 10.2. The molecule has 2 aromatic heterocycles. The van der Waals surface area contributed by atoms with Crippen molar-refractivity contribution < 1.29 is 9.53 Å². The van der Waals surface area contributed by atoms with Gasteiger partial charge in [0.15, 0.2) is 0 Å². The van der Waals surface area contributed by atoms with Gasteiger partial charge in [0.1, 0.15) is 11.3 Å². The van der Waals surface area contributed by atoms with Crippen molar-refractivity contribution in [2.24, 2.45) is 0 Å². The Morgan fingerprint density at radius 3 is 2.94 bits per heavy atom. The molecule has 2 aromatic rings. The first-order valence-corrected chi connectivity index (χ1v) is 4.48. The van der Waals surface area contributed by atoms with Crippen LogP contribution >= 0.6 is 0 Å². The summed E-state index contributed by atoms with van der Waals surface area (Å²) < 4.78 is 5.76. The standard InChI is InChI=1S/C10H9N3O3/c1-16-10(15)6-2-3-8-12-4-7(11)9(14)13(8)5-6/h2-5H,11H2,1H3. The van der Waals surface area contributed by atoms with Crippen molar-refractivity contribution in [2.75, 3.05) is 12.8 Å². The Morgan fingerprint density at radius 2 is 2.25 bits per heavy atom. The maximum atomic E-state index is 11.6. The second-order valence-corrected chi connectivity index (χ2v) is 3.16. The molecule has 6 nitrogen and oxygen atoms in total. The van der Waals surface area contributed by atoms with Gasteiger partial charge in [-0.05, 0) is 12.1 Å². The molecule has 2 N–H and O–H groups in total. The molecular formula is C10H9N3O3. The van der Waals surface area contributed by atoms with E-state index in [9.17, 15) is 9.59 Å². The Bertz CT molecular complexity index is 618. The minimum Gasteiger partial charge on any atom is -0.465 e. The van der Waals surface area contributed by atoms with Crippen LogP contribution in [-0.2, 0) is 4.74 Å². The third-order valence-corrected chi connectivity index (χ3v) is 2.15. The van der Waals surface area contributed by atoms with Crippen LogP contribution in [0.4, 0.5) is 5.69 Å². The quantitative estimate of drug-likeness (QED) is 0.685. The van der Waals surface area contributed by atoms with Gasteiger partial charge in [0.25, 0.3) is 5.56 Å². The fourth-order valence-corrected chi connectivity index (χ4v) is 1.33. The molecule has 2 heterocycles. The SMILES string of the molecule is COC(=O)c1ccc2ncc(N)c(=O)n2c1. The topological polar surface area (TPSA) is 86.7 Å². The molecule has 0 amide bonds. The molecule has 0 aliphatic rings. The molecule has 16 heavy (non-hydrogen) atoms. The summed E-state index contributed by atoms with van der Waals surface area (Å²) in [6, 6.07) is 3.08. The van der Waals surface area contributed by atoms with Crippen LogP contribution in [0.15, 0.2) is 29.3 Å². The molecule has 0 aliphatic carbocycles. The van der Waals surface area contributed by atoms with E-state index < -0.39 is 11.5 Å². The minimum absolute atomic E-state index is 0.0273. The second-order valence-electron chi connectivity index (χ2n) is 3.16. The van der Waals surface area contributed by atoms with E-state index in [0.717, 1.165) is 0 Å². The van der Waals surface area contributed by atoms with Crippen molar-refractivity contribution in [1.82, 2.24) is 9.38 Å². The summed E-state index contributed by atoms with van der Waals surface area (Å²) >= 11 is 0. The highest BCUT2D eigenvalue weighted by atomic mass is 16.5. The number of hydrogen-bond acceptors (Lipinski definition) is 5. The molecule has 0 saturated carbocycles. The number of nitrogens with zero attached hydrogens (tertiary/aromatic N) is 2. The van der Waals surface area contributed by atoms with E-state index in [2.05, 4.69) is 9.72 Å². The van der Waals surface area contributed by atoms with Gasteiger partial charge < -0.3 is 10.5 Å². The Morgan fingerprint density at radius 1 is 1.50 bits per heavy atom. The Balaban J connectivity index is 2.74. The van der Waals surface area contributed by atoms with Gasteiger partial charge in [-0.15, -0.1) is 0 Å².